The molecular formula is C23H26FN3O5S. The number of aromatic nitrogens is 1. The zero-order valence-corrected chi connectivity index (χ0v) is 19.5. The van der Waals surface area contributed by atoms with Gasteiger partial charge in [0.25, 0.3) is 0 Å². The third kappa shape index (κ3) is 3.84. The Kier molecular flexibility index (Phi) is 5.11. The number of carbonyl (C=O) groups excluding carboxylic acids is 1. The molecule has 176 valence electrons. The summed E-state index contributed by atoms with van der Waals surface area (Å²) < 4.78 is 22.7. The number of hydrogen-bond donors (Lipinski definition) is 2. The van der Waals surface area contributed by atoms with Gasteiger partial charge in [0.05, 0.1) is 33.6 Å². The monoisotopic (exact) mass is 475 g/mol. The van der Waals surface area contributed by atoms with Gasteiger partial charge >= 0.3 is 12.1 Å². The molecule has 1 aromatic heterocycles. The van der Waals surface area contributed by atoms with Gasteiger partial charge in [-0.3, -0.25) is 4.79 Å². The molecule has 1 amide bonds. The van der Waals surface area contributed by atoms with E-state index in [1.807, 2.05) is 9.47 Å². The van der Waals surface area contributed by atoms with Crippen LogP contribution in [0.4, 0.5) is 14.9 Å². The molecule has 0 spiro atoms. The number of aromatic carboxylic acids is 1. The number of amides is 1. The molecule has 8 nitrogen and oxygen atoms in total. The highest BCUT2D eigenvalue weighted by Gasteiger charge is 2.42. The summed E-state index contributed by atoms with van der Waals surface area (Å²) in [4.78, 5) is 39.4. The van der Waals surface area contributed by atoms with Crippen LogP contribution < -0.4 is 15.6 Å². The van der Waals surface area contributed by atoms with E-state index in [0.717, 1.165) is 12.8 Å². The number of halogens is 1. The molecule has 2 fully saturated rings. The Morgan fingerprint density at radius 1 is 1.27 bits per heavy atom. The minimum atomic E-state index is -1.31. The normalized spacial score (nSPS) is 22.1. The Balaban J connectivity index is 1.56. The number of fused-ring (bicyclic) bond motifs is 5. The van der Waals surface area contributed by atoms with Gasteiger partial charge in [0.1, 0.15) is 17.0 Å². The lowest BCUT2D eigenvalue weighted by Crippen LogP contribution is -2.49. The first-order chi connectivity index (χ1) is 15.5. The van der Waals surface area contributed by atoms with Gasteiger partial charge in [0.2, 0.25) is 5.43 Å². The van der Waals surface area contributed by atoms with Crippen molar-refractivity contribution in [2.24, 2.45) is 0 Å². The van der Waals surface area contributed by atoms with Crippen molar-refractivity contribution in [3.8, 4) is 0 Å². The largest absolute Gasteiger partial charge is 0.477 e. The van der Waals surface area contributed by atoms with E-state index in [2.05, 4.69) is 5.32 Å². The van der Waals surface area contributed by atoms with Crippen LogP contribution in [0.2, 0.25) is 0 Å². The van der Waals surface area contributed by atoms with E-state index in [-0.39, 0.29) is 29.1 Å². The van der Waals surface area contributed by atoms with Crippen LogP contribution in [0.3, 0.4) is 0 Å². The molecule has 1 saturated heterocycles. The van der Waals surface area contributed by atoms with Crippen molar-refractivity contribution in [2.75, 3.05) is 17.2 Å². The fraction of sp³-hybridized carbons (Fsp3) is 0.522. The number of carboxylic acids is 1. The molecule has 2 atom stereocenters. The van der Waals surface area contributed by atoms with Crippen LogP contribution >= 0.6 is 11.8 Å². The minimum Gasteiger partial charge on any atom is -0.477 e. The highest BCUT2D eigenvalue weighted by molar-refractivity contribution is 7.99. The second kappa shape index (κ2) is 7.65. The predicted molar refractivity (Wildman–Crippen MR) is 123 cm³/mol. The van der Waals surface area contributed by atoms with E-state index in [9.17, 15) is 19.5 Å². The number of nitrogens with one attached hydrogen (secondary N) is 1. The topological polar surface area (TPSA) is 101 Å². The summed E-state index contributed by atoms with van der Waals surface area (Å²) >= 11 is 1.45. The Morgan fingerprint density at radius 2 is 2.00 bits per heavy atom. The number of nitrogens with zero attached hydrogens (tertiary/aromatic N) is 2. The van der Waals surface area contributed by atoms with E-state index in [1.165, 1.54) is 24.0 Å². The predicted octanol–water partition coefficient (Wildman–Crippen LogP) is 3.75. The molecule has 1 aromatic carbocycles. The molecule has 2 aliphatic heterocycles. The van der Waals surface area contributed by atoms with Crippen molar-refractivity contribution in [3.63, 3.8) is 0 Å². The maximum absolute atomic E-state index is 15.5. The minimum absolute atomic E-state index is 0.103. The number of rotatable bonds is 3. The molecule has 10 heteroatoms. The number of benzene rings is 1. The molecule has 0 radical (unpaired) electrons. The smallest absolute Gasteiger partial charge is 0.407 e. The van der Waals surface area contributed by atoms with Crippen molar-refractivity contribution >= 4 is 40.4 Å². The highest BCUT2D eigenvalue weighted by Crippen LogP contribution is 2.48. The Morgan fingerprint density at radius 3 is 2.64 bits per heavy atom. The van der Waals surface area contributed by atoms with Crippen LogP contribution in [0.15, 0.2) is 22.0 Å². The molecule has 5 rings (SSSR count). The first-order valence-electron chi connectivity index (χ1n) is 11.1. The fourth-order valence-corrected chi connectivity index (χ4v) is 6.23. The third-order valence-electron chi connectivity index (χ3n) is 6.30. The first kappa shape index (κ1) is 22.1. The van der Waals surface area contributed by atoms with Crippen LogP contribution in [-0.4, -0.2) is 51.7 Å². The maximum atomic E-state index is 15.5. The summed E-state index contributed by atoms with van der Waals surface area (Å²) in [5.74, 6) is -1.25. The molecule has 3 aliphatic rings. The van der Waals surface area contributed by atoms with E-state index < -0.39 is 28.9 Å². The zero-order valence-electron chi connectivity index (χ0n) is 18.7. The van der Waals surface area contributed by atoms with Crippen molar-refractivity contribution in [3.05, 3.63) is 33.9 Å². The molecule has 33 heavy (non-hydrogen) atoms. The number of thioether (sulfide) groups is 1. The average Bonchev–Trinajstić information content (AvgIpc) is 3.48. The van der Waals surface area contributed by atoms with Crippen molar-refractivity contribution in [1.82, 2.24) is 9.88 Å². The summed E-state index contributed by atoms with van der Waals surface area (Å²) in [5.41, 5.74) is -0.576. The third-order valence-corrected chi connectivity index (χ3v) is 7.49. The Bertz CT molecular complexity index is 1230. The average molecular weight is 476 g/mol. The van der Waals surface area contributed by atoms with E-state index in [4.69, 9.17) is 4.74 Å². The van der Waals surface area contributed by atoms with E-state index >= 15 is 4.39 Å². The van der Waals surface area contributed by atoms with Crippen LogP contribution in [0.1, 0.15) is 56.4 Å². The SMILES string of the molecule is CC(C)(C)OC(=O)NC1CCN2c3c(F)cc4c(=O)c(C(=O)O)cn(C5CC5)c4c3SCC12. The van der Waals surface area contributed by atoms with E-state index in [0.29, 0.717) is 34.8 Å². The van der Waals surface area contributed by atoms with Crippen LogP contribution in [0.5, 0.6) is 0 Å². The lowest BCUT2D eigenvalue weighted by Gasteiger charge is -2.36. The summed E-state index contributed by atoms with van der Waals surface area (Å²) in [6.45, 7) is 5.96. The van der Waals surface area contributed by atoms with E-state index in [1.54, 1.807) is 20.8 Å². The summed E-state index contributed by atoms with van der Waals surface area (Å²) in [5, 5.41) is 12.5. The Hall–Kier alpha value is -2.75. The van der Waals surface area contributed by atoms with Crippen LogP contribution in [-0.2, 0) is 4.74 Å². The van der Waals surface area contributed by atoms with Crippen molar-refractivity contribution in [1.29, 1.82) is 0 Å². The molecule has 2 N–H and O–H groups in total. The molecule has 2 aromatic rings. The summed E-state index contributed by atoms with van der Waals surface area (Å²) in [7, 11) is 0. The van der Waals surface area contributed by atoms with Crippen molar-refractivity contribution in [2.45, 2.75) is 68.7 Å². The van der Waals surface area contributed by atoms with Gasteiger partial charge in [-0.25, -0.2) is 14.0 Å². The number of anilines is 1. The van der Waals surface area contributed by atoms with Gasteiger partial charge in [-0.2, -0.15) is 0 Å². The molecule has 2 unspecified atom stereocenters. The molecular weight excluding hydrogens is 449 g/mol. The quantitative estimate of drug-likeness (QED) is 0.697. The second-order valence-electron chi connectivity index (χ2n) is 9.86. The van der Waals surface area contributed by atoms with Gasteiger partial charge < -0.3 is 24.6 Å². The number of hydrogen-bond acceptors (Lipinski definition) is 6. The first-order valence-corrected chi connectivity index (χ1v) is 12.1. The number of carbonyl (C=O) groups is 2. The fourth-order valence-electron chi connectivity index (χ4n) is 4.77. The van der Waals surface area contributed by atoms with Crippen molar-refractivity contribution < 1.29 is 23.8 Å². The molecule has 0 bridgehead atoms. The summed E-state index contributed by atoms with van der Waals surface area (Å²) in [6, 6.07) is 0.996. The zero-order chi connectivity index (χ0) is 23.7. The second-order valence-corrected chi connectivity index (χ2v) is 10.9. The molecule has 3 heterocycles. The number of pyridine rings is 1. The van der Waals surface area contributed by atoms with Gasteiger partial charge in [-0.1, -0.05) is 0 Å². The lowest BCUT2D eigenvalue weighted by atomic mass is 10.1. The lowest BCUT2D eigenvalue weighted by molar-refractivity contribution is 0.0502. The maximum Gasteiger partial charge on any atom is 0.407 e. The van der Waals surface area contributed by atoms with Gasteiger partial charge in [-0.05, 0) is 46.1 Å². The van der Waals surface area contributed by atoms with Gasteiger partial charge in [-0.15, -0.1) is 11.8 Å². The molecule has 1 saturated carbocycles. The standard InChI is InChI=1S/C23H26FN3O5S/c1-23(2,3)32-22(31)25-15-6-7-26-16(15)10-33-20-17-12(8-14(24)18(20)26)19(28)13(21(29)30)9-27(17)11-4-5-11/h8-9,11,15-16H,4-7,10H2,1-3H3,(H,25,31)(H,29,30). The Labute approximate surface area is 194 Å². The number of alkyl carbamates (subject to hydrolysis) is 1. The van der Waals surface area contributed by atoms with Gasteiger partial charge in [0, 0.05) is 24.5 Å². The van der Waals surface area contributed by atoms with Gasteiger partial charge in [0.15, 0.2) is 0 Å². The van der Waals surface area contributed by atoms with Crippen LogP contribution in [0, 0.1) is 5.82 Å². The summed E-state index contributed by atoms with van der Waals surface area (Å²) in [6.07, 6.45) is 3.35. The van der Waals surface area contributed by atoms with Crippen LogP contribution in [0.25, 0.3) is 10.9 Å². The number of carboxylic acid groups (broad SMARTS) is 1. The highest BCUT2D eigenvalue weighted by atomic mass is 32.2. The number of ether oxygens (including phenoxy) is 1. The molecule has 1 aliphatic carbocycles.